The Labute approximate surface area is 205 Å². The van der Waals surface area contributed by atoms with Crippen molar-refractivity contribution in [2.24, 2.45) is 0 Å². The van der Waals surface area contributed by atoms with Gasteiger partial charge in [-0.1, -0.05) is 11.6 Å². The topological polar surface area (TPSA) is 162 Å². The fourth-order valence-corrected chi connectivity index (χ4v) is 4.31. The molecule has 4 rings (SSSR count). The molecule has 0 radical (unpaired) electrons. The van der Waals surface area contributed by atoms with Gasteiger partial charge in [0.15, 0.2) is 0 Å². The number of carbonyl (C=O) groups is 1. The number of benzene rings is 1. The third-order valence-electron chi connectivity index (χ3n) is 5.12. The van der Waals surface area contributed by atoms with Crippen LogP contribution in [0.1, 0.15) is 31.5 Å². The van der Waals surface area contributed by atoms with Gasteiger partial charge in [0, 0.05) is 30.3 Å². The van der Waals surface area contributed by atoms with E-state index in [9.17, 15) is 17.6 Å². The number of sulfonamides is 1. The van der Waals surface area contributed by atoms with Gasteiger partial charge < -0.3 is 20.7 Å². The summed E-state index contributed by atoms with van der Waals surface area (Å²) >= 11 is 6.50. The van der Waals surface area contributed by atoms with E-state index in [1.165, 1.54) is 12.3 Å². The smallest absolute Gasteiger partial charge is 0.404 e. The van der Waals surface area contributed by atoms with Crippen LogP contribution in [-0.4, -0.2) is 58.4 Å². The maximum Gasteiger partial charge on any atom is 0.404 e. The number of nitrogens with zero attached hydrogens (tertiary/aromatic N) is 3. The molecule has 0 spiro atoms. The molecule has 14 heteroatoms. The second-order valence-electron chi connectivity index (χ2n) is 8.31. The summed E-state index contributed by atoms with van der Waals surface area (Å²) in [6, 6.07) is 3.43. The molecule has 1 aliphatic carbocycles. The molecular weight excluding hydrogens is 501 g/mol. The van der Waals surface area contributed by atoms with Crippen LogP contribution in [0.3, 0.4) is 0 Å². The van der Waals surface area contributed by atoms with Gasteiger partial charge in [-0.2, -0.15) is 0 Å². The Bertz CT molecular complexity index is 1380. The maximum atomic E-state index is 14.5. The largest absolute Gasteiger partial charge is 0.465 e. The third-order valence-corrected chi connectivity index (χ3v) is 6.12. The number of aromatic nitrogens is 4. The van der Waals surface area contributed by atoms with Gasteiger partial charge in [-0.3, -0.25) is 4.72 Å². The molecule has 11 nitrogen and oxygen atoms in total. The minimum absolute atomic E-state index is 0.00658. The van der Waals surface area contributed by atoms with Crippen molar-refractivity contribution in [3.63, 3.8) is 0 Å². The maximum absolute atomic E-state index is 14.5. The lowest BCUT2D eigenvalue weighted by Crippen LogP contribution is -2.36. The zero-order chi connectivity index (χ0) is 25.3. The quantitative estimate of drug-likeness (QED) is 0.284. The van der Waals surface area contributed by atoms with Gasteiger partial charge in [-0.05, 0) is 38.0 Å². The summed E-state index contributed by atoms with van der Waals surface area (Å²) in [5.41, 5.74) is 1.32. The Balaban J connectivity index is 1.73. The zero-order valence-corrected chi connectivity index (χ0v) is 20.3. The molecule has 0 aliphatic heterocycles. The fraction of sp³-hybridized carbons (Fsp3) is 0.333. The van der Waals surface area contributed by atoms with E-state index in [4.69, 9.17) is 16.7 Å². The average Bonchev–Trinajstić information content (AvgIpc) is 3.52. The number of rotatable bonds is 9. The molecule has 0 bridgehead atoms. The number of imidazole rings is 1. The summed E-state index contributed by atoms with van der Waals surface area (Å²) in [6.45, 7) is 1.93. The SMILES string of the molecule is C[C@H](CNc1nccc(-c2[nH]c(C3CC3)nc2-c2cc(F)cc(NS(C)(=O)=O)c2Cl)n1)NC(=O)O. The predicted octanol–water partition coefficient (Wildman–Crippen LogP) is 3.64. The van der Waals surface area contributed by atoms with Crippen LogP contribution in [0.15, 0.2) is 24.4 Å². The average molecular weight is 524 g/mol. The number of halogens is 2. The van der Waals surface area contributed by atoms with E-state index in [2.05, 4.69) is 35.3 Å². The van der Waals surface area contributed by atoms with Crippen LogP contribution < -0.4 is 15.4 Å². The van der Waals surface area contributed by atoms with Crippen LogP contribution in [0.2, 0.25) is 5.02 Å². The highest BCUT2D eigenvalue weighted by Crippen LogP contribution is 2.43. The van der Waals surface area contributed by atoms with Gasteiger partial charge in [0.2, 0.25) is 16.0 Å². The number of nitrogens with one attached hydrogen (secondary N) is 4. The minimum Gasteiger partial charge on any atom is -0.465 e. The number of hydrogen-bond acceptors (Lipinski definition) is 7. The second-order valence-corrected chi connectivity index (χ2v) is 10.4. The highest BCUT2D eigenvalue weighted by atomic mass is 35.5. The number of anilines is 2. The number of amides is 1. The molecule has 0 unspecified atom stereocenters. The summed E-state index contributed by atoms with van der Waals surface area (Å²) in [6.07, 6.45) is 3.23. The molecule has 1 saturated carbocycles. The van der Waals surface area contributed by atoms with Crippen LogP contribution in [0, 0.1) is 5.82 Å². The fourth-order valence-electron chi connectivity index (χ4n) is 3.45. The molecule has 1 aliphatic rings. The molecule has 5 N–H and O–H groups in total. The van der Waals surface area contributed by atoms with Crippen LogP contribution in [-0.2, 0) is 10.0 Å². The Morgan fingerprint density at radius 3 is 2.74 bits per heavy atom. The van der Waals surface area contributed by atoms with Crippen molar-refractivity contribution < 1.29 is 22.7 Å². The molecule has 2 heterocycles. The predicted molar refractivity (Wildman–Crippen MR) is 130 cm³/mol. The number of H-pyrrole nitrogens is 1. The van der Waals surface area contributed by atoms with Gasteiger partial charge >= 0.3 is 6.09 Å². The lowest BCUT2D eigenvalue weighted by atomic mass is 10.1. The standard InChI is InChI=1S/C21H23ClFN7O4S/c1-10(26-21(31)32)9-25-20-24-6-5-14(27-20)18-17(28-19(29-18)11-3-4-11)13-7-12(23)8-15(16(13)22)30-35(2,33)34/h5-8,10-11,26,30H,3-4,9H2,1-2H3,(H,28,29)(H,31,32)(H,24,25,27)/t10-/m1/s1. The van der Waals surface area contributed by atoms with E-state index in [-0.39, 0.29) is 34.7 Å². The molecule has 3 aromatic rings. The van der Waals surface area contributed by atoms with Crippen molar-refractivity contribution in [1.82, 2.24) is 25.3 Å². The number of aromatic amines is 1. The van der Waals surface area contributed by atoms with Crippen molar-refractivity contribution >= 4 is 39.4 Å². The summed E-state index contributed by atoms with van der Waals surface area (Å²) in [4.78, 5) is 27.4. The van der Waals surface area contributed by atoms with Gasteiger partial charge in [0.05, 0.1) is 34.0 Å². The molecule has 1 atom stereocenters. The van der Waals surface area contributed by atoms with E-state index in [1.54, 1.807) is 13.0 Å². The summed E-state index contributed by atoms with van der Waals surface area (Å²) in [5.74, 6) is 0.480. The summed E-state index contributed by atoms with van der Waals surface area (Å²) < 4.78 is 40.2. The van der Waals surface area contributed by atoms with Crippen LogP contribution >= 0.6 is 11.6 Å². The van der Waals surface area contributed by atoms with Gasteiger partial charge in [0.1, 0.15) is 11.6 Å². The number of hydrogen-bond donors (Lipinski definition) is 5. The van der Waals surface area contributed by atoms with Crippen LogP contribution in [0.25, 0.3) is 22.6 Å². The third kappa shape index (κ3) is 6.17. The monoisotopic (exact) mass is 523 g/mol. The molecule has 186 valence electrons. The van der Waals surface area contributed by atoms with Crippen molar-refractivity contribution in [1.29, 1.82) is 0 Å². The number of carboxylic acid groups (broad SMARTS) is 1. The first kappa shape index (κ1) is 24.7. The van der Waals surface area contributed by atoms with E-state index in [0.717, 1.165) is 25.2 Å². The Hall–Kier alpha value is -3.45. The minimum atomic E-state index is -3.70. The molecule has 1 fully saturated rings. The molecular formula is C21H23ClFN7O4S. The van der Waals surface area contributed by atoms with Crippen LogP contribution in [0.5, 0.6) is 0 Å². The van der Waals surface area contributed by atoms with Crippen molar-refractivity contribution in [2.45, 2.75) is 31.7 Å². The second kappa shape index (κ2) is 9.66. The van der Waals surface area contributed by atoms with E-state index < -0.39 is 28.0 Å². The lowest BCUT2D eigenvalue weighted by Gasteiger charge is -2.13. The highest BCUT2D eigenvalue weighted by molar-refractivity contribution is 7.92. The lowest BCUT2D eigenvalue weighted by molar-refractivity contribution is 0.191. The van der Waals surface area contributed by atoms with Crippen LogP contribution in [0.4, 0.5) is 20.8 Å². The van der Waals surface area contributed by atoms with Gasteiger partial charge in [-0.25, -0.2) is 32.6 Å². The molecule has 35 heavy (non-hydrogen) atoms. The Morgan fingerprint density at radius 2 is 2.09 bits per heavy atom. The Morgan fingerprint density at radius 1 is 1.34 bits per heavy atom. The molecule has 1 amide bonds. The molecule has 1 aromatic carbocycles. The highest BCUT2D eigenvalue weighted by Gasteiger charge is 2.30. The van der Waals surface area contributed by atoms with Gasteiger partial charge in [0.25, 0.3) is 0 Å². The van der Waals surface area contributed by atoms with Crippen molar-refractivity contribution in [3.8, 4) is 22.6 Å². The summed E-state index contributed by atoms with van der Waals surface area (Å²) in [7, 11) is -3.70. The molecule has 0 saturated heterocycles. The van der Waals surface area contributed by atoms with E-state index in [0.29, 0.717) is 22.9 Å². The van der Waals surface area contributed by atoms with Crippen molar-refractivity contribution in [3.05, 3.63) is 41.1 Å². The Kier molecular flexibility index (Phi) is 6.81. The normalized spacial score (nSPS) is 14.4. The van der Waals surface area contributed by atoms with E-state index >= 15 is 0 Å². The zero-order valence-electron chi connectivity index (χ0n) is 18.8. The summed E-state index contributed by atoms with van der Waals surface area (Å²) in [5, 5.41) is 14.1. The first-order valence-electron chi connectivity index (χ1n) is 10.6. The van der Waals surface area contributed by atoms with E-state index in [1.807, 2.05) is 0 Å². The first-order chi connectivity index (χ1) is 16.5. The first-order valence-corrected chi connectivity index (χ1v) is 12.9. The van der Waals surface area contributed by atoms with Gasteiger partial charge in [-0.15, -0.1) is 0 Å². The molecule has 2 aromatic heterocycles. The van der Waals surface area contributed by atoms with Crippen molar-refractivity contribution in [2.75, 3.05) is 22.8 Å².